The number of piperidine rings is 1. The fraction of sp³-hybridized carbons (Fsp3) is 0.722. The zero-order valence-corrected chi connectivity index (χ0v) is 14.4. The minimum atomic E-state index is -0.00654. The van der Waals surface area contributed by atoms with E-state index in [0.717, 1.165) is 50.4 Å². The predicted octanol–water partition coefficient (Wildman–Crippen LogP) is 2.11. The van der Waals surface area contributed by atoms with E-state index in [2.05, 4.69) is 19.9 Å². The summed E-state index contributed by atoms with van der Waals surface area (Å²) >= 11 is 0. The van der Waals surface area contributed by atoms with E-state index in [1.165, 1.54) is 0 Å². The average Bonchev–Trinajstić information content (AvgIpc) is 2.93. The number of quaternary nitrogens is 1. The summed E-state index contributed by atoms with van der Waals surface area (Å²) in [4.78, 5) is 13.4. The number of hydrogen-bond acceptors (Lipinski definition) is 3. The summed E-state index contributed by atoms with van der Waals surface area (Å²) in [7, 11) is 0. The first-order valence-electron chi connectivity index (χ1n) is 8.49. The monoisotopic (exact) mass is 308 g/mol. The number of likely N-dealkylation sites (tertiary alicyclic amines) is 1. The molecule has 0 atom stereocenters. The third kappa shape index (κ3) is 4.35. The fourth-order valence-corrected chi connectivity index (χ4v) is 3.18. The van der Waals surface area contributed by atoms with Gasteiger partial charge in [-0.05, 0) is 26.0 Å². The van der Waals surface area contributed by atoms with Crippen LogP contribution in [0.25, 0.3) is 0 Å². The van der Waals surface area contributed by atoms with Gasteiger partial charge in [0.2, 0.25) is 0 Å². The average molecular weight is 308 g/mol. The van der Waals surface area contributed by atoms with Crippen molar-refractivity contribution in [2.75, 3.05) is 26.2 Å². The van der Waals surface area contributed by atoms with Gasteiger partial charge in [0.05, 0.1) is 32.2 Å². The van der Waals surface area contributed by atoms with Crippen LogP contribution in [0.1, 0.15) is 51.6 Å². The Balaban J connectivity index is 1.78. The van der Waals surface area contributed by atoms with Crippen molar-refractivity contribution in [2.45, 2.75) is 52.4 Å². The molecule has 22 heavy (non-hydrogen) atoms. The van der Waals surface area contributed by atoms with Crippen LogP contribution in [0.4, 0.5) is 0 Å². The van der Waals surface area contributed by atoms with Crippen molar-refractivity contribution >= 4 is 5.97 Å². The Morgan fingerprint density at radius 3 is 2.59 bits per heavy atom. The Morgan fingerprint density at radius 2 is 2.05 bits per heavy atom. The van der Waals surface area contributed by atoms with E-state index >= 15 is 0 Å². The van der Waals surface area contributed by atoms with Gasteiger partial charge in [0.25, 0.3) is 0 Å². The molecule has 0 aliphatic carbocycles. The summed E-state index contributed by atoms with van der Waals surface area (Å²) < 4.78 is 10.9. The Hall–Kier alpha value is -1.29. The maximum Gasteiger partial charge on any atom is 0.309 e. The number of hydrogen-bond donors (Lipinski definition) is 1. The second-order valence-electron chi connectivity index (χ2n) is 7.07. The number of carbonyl (C=O) groups excluding carboxylic acids is 1. The van der Waals surface area contributed by atoms with Crippen molar-refractivity contribution in [3.63, 3.8) is 0 Å². The Kier molecular flexibility index (Phi) is 5.68. The molecular weight excluding hydrogens is 278 g/mol. The van der Waals surface area contributed by atoms with Crippen molar-refractivity contribution in [3.05, 3.63) is 23.7 Å². The molecule has 124 valence electrons. The van der Waals surface area contributed by atoms with Crippen molar-refractivity contribution in [1.29, 1.82) is 0 Å². The molecule has 1 aliphatic heterocycles. The van der Waals surface area contributed by atoms with Crippen LogP contribution in [0.5, 0.6) is 0 Å². The Bertz CT molecular complexity index is 484. The molecule has 0 saturated carbocycles. The molecule has 1 N–H and O–H groups in total. The quantitative estimate of drug-likeness (QED) is 0.819. The lowest BCUT2D eigenvalue weighted by atomic mass is 9.86. The molecule has 0 amide bonds. The molecule has 1 saturated heterocycles. The Labute approximate surface area is 133 Å². The van der Waals surface area contributed by atoms with Gasteiger partial charge in [-0.1, -0.05) is 13.8 Å². The normalized spacial score (nSPS) is 22.5. The second kappa shape index (κ2) is 7.32. The number of rotatable bonds is 6. The number of aryl methyl sites for hydroxylation is 1. The highest BCUT2D eigenvalue weighted by molar-refractivity contribution is 5.72. The minimum absolute atomic E-state index is 0.00654. The van der Waals surface area contributed by atoms with Crippen LogP contribution in [-0.2, 0) is 14.9 Å². The van der Waals surface area contributed by atoms with Gasteiger partial charge in [0, 0.05) is 24.7 Å². The lowest BCUT2D eigenvalue weighted by molar-refractivity contribution is -0.906. The topological polar surface area (TPSA) is 43.9 Å². The van der Waals surface area contributed by atoms with Gasteiger partial charge < -0.3 is 14.1 Å². The zero-order chi connectivity index (χ0) is 16.2. The van der Waals surface area contributed by atoms with E-state index in [-0.39, 0.29) is 17.3 Å². The molecule has 2 heterocycles. The summed E-state index contributed by atoms with van der Waals surface area (Å²) in [6.07, 6.45) is 3.00. The van der Waals surface area contributed by atoms with Crippen LogP contribution in [0.15, 0.2) is 16.5 Å². The number of carbonyl (C=O) groups is 1. The van der Waals surface area contributed by atoms with Gasteiger partial charge in [0.15, 0.2) is 0 Å². The molecule has 0 radical (unpaired) electrons. The maximum atomic E-state index is 11.8. The SMILES string of the molecule is CCOC(=O)C1CC[NH+](CCC(C)(C)c2ccc(C)o2)CC1. The first-order valence-corrected chi connectivity index (χ1v) is 8.49. The van der Waals surface area contributed by atoms with Crippen LogP contribution in [0.2, 0.25) is 0 Å². The number of furan rings is 1. The summed E-state index contributed by atoms with van der Waals surface area (Å²) in [5.74, 6) is 2.16. The van der Waals surface area contributed by atoms with Gasteiger partial charge >= 0.3 is 5.97 Å². The molecule has 0 unspecified atom stereocenters. The Morgan fingerprint density at radius 1 is 1.36 bits per heavy atom. The molecule has 0 spiro atoms. The number of ether oxygens (including phenoxy) is 1. The summed E-state index contributed by atoms with van der Waals surface area (Å²) in [6.45, 7) is 12.1. The van der Waals surface area contributed by atoms with Crippen molar-refractivity contribution in [3.8, 4) is 0 Å². The zero-order valence-electron chi connectivity index (χ0n) is 14.4. The van der Waals surface area contributed by atoms with E-state index in [1.54, 1.807) is 4.90 Å². The third-order valence-corrected chi connectivity index (χ3v) is 4.82. The summed E-state index contributed by atoms with van der Waals surface area (Å²) in [5.41, 5.74) is 0.0687. The van der Waals surface area contributed by atoms with E-state index in [9.17, 15) is 4.79 Å². The van der Waals surface area contributed by atoms with Crippen LogP contribution >= 0.6 is 0 Å². The van der Waals surface area contributed by atoms with Crippen LogP contribution in [0, 0.1) is 12.8 Å². The fourth-order valence-electron chi connectivity index (χ4n) is 3.18. The van der Waals surface area contributed by atoms with Crippen molar-refractivity contribution in [2.24, 2.45) is 5.92 Å². The summed E-state index contributed by atoms with van der Waals surface area (Å²) in [6, 6.07) is 4.13. The first-order chi connectivity index (χ1) is 10.4. The largest absolute Gasteiger partial charge is 0.466 e. The minimum Gasteiger partial charge on any atom is -0.466 e. The molecule has 2 rings (SSSR count). The smallest absolute Gasteiger partial charge is 0.309 e. The van der Waals surface area contributed by atoms with E-state index in [4.69, 9.17) is 9.15 Å². The van der Waals surface area contributed by atoms with Crippen LogP contribution < -0.4 is 4.90 Å². The third-order valence-electron chi connectivity index (χ3n) is 4.82. The van der Waals surface area contributed by atoms with Gasteiger partial charge in [0.1, 0.15) is 11.5 Å². The highest BCUT2D eigenvalue weighted by Crippen LogP contribution is 2.27. The molecule has 4 heteroatoms. The van der Waals surface area contributed by atoms with E-state index < -0.39 is 0 Å². The molecule has 1 fully saturated rings. The highest BCUT2D eigenvalue weighted by Gasteiger charge is 2.31. The molecular formula is C18H30NO3+. The molecule has 1 aliphatic rings. The van der Waals surface area contributed by atoms with Gasteiger partial charge in [-0.3, -0.25) is 4.79 Å². The molecule has 4 nitrogen and oxygen atoms in total. The standard InChI is InChI=1S/C18H29NO3/c1-5-21-17(20)15-8-11-19(12-9-15)13-10-18(3,4)16-7-6-14(2)22-16/h6-7,15H,5,8-13H2,1-4H3/p+1. The number of esters is 1. The highest BCUT2D eigenvalue weighted by atomic mass is 16.5. The maximum absolute atomic E-state index is 11.8. The predicted molar refractivity (Wildman–Crippen MR) is 86.0 cm³/mol. The van der Waals surface area contributed by atoms with Crippen LogP contribution in [-0.4, -0.2) is 32.2 Å². The molecule has 1 aromatic rings. The lowest BCUT2D eigenvalue weighted by Gasteiger charge is -2.30. The summed E-state index contributed by atoms with van der Waals surface area (Å²) in [5, 5.41) is 0. The van der Waals surface area contributed by atoms with E-state index in [1.807, 2.05) is 19.9 Å². The number of nitrogens with one attached hydrogen (secondary N) is 1. The first kappa shape index (κ1) is 17.1. The van der Waals surface area contributed by atoms with Gasteiger partial charge in [-0.25, -0.2) is 0 Å². The van der Waals surface area contributed by atoms with Crippen molar-refractivity contribution < 1.29 is 18.8 Å². The van der Waals surface area contributed by atoms with Gasteiger partial charge in [-0.2, -0.15) is 0 Å². The molecule has 1 aromatic heterocycles. The lowest BCUT2D eigenvalue weighted by Crippen LogP contribution is -3.13. The van der Waals surface area contributed by atoms with E-state index in [0.29, 0.717) is 6.61 Å². The molecule has 0 aromatic carbocycles. The molecule has 0 bridgehead atoms. The van der Waals surface area contributed by atoms with Crippen LogP contribution in [0.3, 0.4) is 0 Å². The van der Waals surface area contributed by atoms with Gasteiger partial charge in [-0.15, -0.1) is 0 Å². The van der Waals surface area contributed by atoms with Crippen molar-refractivity contribution in [1.82, 2.24) is 0 Å². The second-order valence-corrected chi connectivity index (χ2v) is 7.07.